The van der Waals surface area contributed by atoms with Crippen molar-refractivity contribution < 1.29 is 4.79 Å². The second-order valence-electron chi connectivity index (χ2n) is 6.80. The van der Waals surface area contributed by atoms with E-state index in [-0.39, 0.29) is 5.91 Å². The Bertz CT molecular complexity index is 869. The maximum Gasteiger partial charge on any atom is 0.227 e. The molecule has 128 valence electrons. The number of nitrogens with zero attached hydrogens (tertiary/aromatic N) is 2. The predicted molar refractivity (Wildman–Crippen MR) is 104 cm³/mol. The Morgan fingerprint density at radius 1 is 1.20 bits per heavy atom. The largest absolute Gasteiger partial charge is 0.340 e. The van der Waals surface area contributed by atoms with Gasteiger partial charge in [-0.25, -0.2) is 4.98 Å². The maximum absolute atomic E-state index is 12.7. The van der Waals surface area contributed by atoms with Crippen molar-refractivity contribution >= 4 is 27.5 Å². The third kappa shape index (κ3) is 3.45. The first kappa shape index (κ1) is 16.3. The fourth-order valence-electron chi connectivity index (χ4n) is 3.55. The highest BCUT2D eigenvalue weighted by molar-refractivity contribution is 7.21. The van der Waals surface area contributed by atoms with Crippen molar-refractivity contribution in [2.75, 3.05) is 6.54 Å². The topological polar surface area (TPSA) is 33.2 Å². The molecule has 25 heavy (non-hydrogen) atoms. The molecule has 3 aromatic rings. The molecular weight excluding hydrogens is 328 g/mol. The van der Waals surface area contributed by atoms with E-state index in [4.69, 9.17) is 4.98 Å². The Balaban J connectivity index is 1.56. The number of fused-ring (bicyclic) bond motifs is 1. The quantitative estimate of drug-likeness (QED) is 0.672. The number of thiazole rings is 1. The molecule has 1 atom stereocenters. The van der Waals surface area contributed by atoms with Crippen LogP contribution in [0.4, 0.5) is 0 Å². The maximum atomic E-state index is 12.7. The van der Waals surface area contributed by atoms with Crippen molar-refractivity contribution in [1.29, 1.82) is 0 Å². The fraction of sp³-hybridized carbons (Fsp3) is 0.333. The normalized spacial score (nSPS) is 17.8. The summed E-state index contributed by atoms with van der Waals surface area (Å²) < 4.78 is 1.20. The minimum absolute atomic E-state index is 0.244. The Labute approximate surface area is 152 Å². The molecule has 0 bridgehead atoms. The molecule has 0 radical (unpaired) electrons. The number of piperidine rings is 1. The average molecular weight is 350 g/mol. The number of hydrogen-bond donors (Lipinski definition) is 0. The predicted octanol–water partition coefficient (Wildman–Crippen LogP) is 4.91. The number of carbonyl (C=O) groups is 1. The third-order valence-electron chi connectivity index (χ3n) is 4.95. The molecule has 1 saturated heterocycles. The first-order valence-corrected chi connectivity index (χ1v) is 9.77. The first-order chi connectivity index (χ1) is 12.2. The van der Waals surface area contributed by atoms with Gasteiger partial charge in [-0.05, 0) is 49.9 Å². The standard InChI is InChI=1S/C21H22N2OS/c1-15-7-4-5-12-23(15)20(24)14-16-8-6-9-17(13-16)21-22-18-10-2-3-11-19(18)25-21/h2-3,6,8-11,13,15H,4-5,7,12,14H2,1H3/t15-/m1/s1. The summed E-state index contributed by atoms with van der Waals surface area (Å²) in [4.78, 5) is 19.5. The van der Waals surface area contributed by atoms with Gasteiger partial charge >= 0.3 is 0 Å². The van der Waals surface area contributed by atoms with Gasteiger partial charge in [-0.3, -0.25) is 4.79 Å². The number of hydrogen-bond acceptors (Lipinski definition) is 3. The first-order valence-electron chi connectivity index (χ1n) is 8.95. The van der Waals surface area contributed by atoms with Crippen LogP contribution in [-0.4, -0.2) is 28.4 Å². The number of carbonyl (C=O) groups excluding carboxylic acids is 1. The zero-order valence-corrected chi connectivity index (χ0v) is 15.3. The van der Waals surface area contributed by atoms with Crippen LogP contribution in [0.5, 0.6) is 0 Å². The molecule has 0 saturated carbocycles. The fourth-order valence-corrected chi connectivity index (χ4v) is 4.52. The lowest BCUT2D eigenvalue weighted by molar-refractivity contribution is -0.133. The van der Waals surface area contributed by atoms with Crippen molar-refractivity contribution in [2.24, 2.45) is 0 Å². The van der Waals surface area contributed by atoms with Gasteiger partial charge in [0.1, 0.15) is 5.01 Å². The summed E-state index contributed by atoms with van der Waals surface area (Å²) in [6, 6.07) is 16.8. The second-order valence-corrected chi connectivity index (χ2v) is 7.83. The summed E-state index contributed by atoms with van der Waals surface area (Å²) in [6.07, 6.45) is 3.96. The monoisotopic (exact) mass is 350 g/mol. The number of likely N-dealkylation sites (tertiary alicyclic amines) is 1. The van der Waals surface area contributed by atoms with Crippen LogP contribution in [0.25, 0.3) is 20.8 Å². The minimum atomic E-state index is 0.244. The van der Waals surface area contributed by atoms with Crippen LogP contribution < -0.4 is 0 Å². The van der Waals surface area contributed by atoms with Gasteiger partial charge in [0.25, 0.3) is 0 Å². The summed E-state index contributed by atoms with van der Waals surface area (Å²) in [7, 11) is 0. The molecule has 3 nitrogen and oxygen atoms in total. The van der Waals surface area contributed by atoms with Crippen LogP contribution in [-0.2, 0) is 11.2 Å². The Morgan fingerprint density at radius 3 is 2.92 bits per heavy atom. The van der Waals surface area contributed by atoms with Gasteiger partial charge in [0, 0.05) is 18.2 Å². The molecule has 0 aliphatic carbocycles. The zero-order valence-electron chi connectivity index (χ0n) is 14.4. The van der Waals surface area contributed by atoms with E-state index in [1.165, 1.54) is 11.1 Å². The van der Waals surface area contributed by atoms with Crippen LogP contribution in [0.2, 0.25) is 0 Å². The van der Waals surface area contributed by atoms with E-state index in [9.17, 15) is 4.79 Å². The van der Waals surface area contributed by atoms with Gasteiger partial charge in [-0.2, -0.15) is 0 Å². The summed E-state index contributed by atoms with van der Waals surface area (Å²) in [5.74, 6) is 0.244. The SMILES string of the molecule is C[C@@H]1CCCCN1C(=O)Cc1cccc(-c2nc3ccccc3s2)c1. The molecule has 1 aromatic heterocycles. The van der Waals surface area contributed by atoms with E-state index in [0.717, 1.165) is 41.0 Å². The van der Waals surface area contributed by atoms with E-state index >= 15 is 0 Å². The van der Waals surface area contributed by atoms with Crippen LogP contribution in [0, 0.1) is 0 Å². The third-order valence-corrected chi connectivity index (χ3v) is 6.03. The molecule has 0 N–H and O–H groups in total. The Kier molecular flexibility index (Phi) is 4.53. The van der Waals surface area contributed by atoms with Crippen molar-refractivity contribution in [1.82, 2.24) is 9.88 Å². The van der Waals surface area contributed by atoms with Crippen molar-refractivity contribution in [2.45, 2.75) is 38.6 Å². The van der Waals surface area contributed by atoms with E-state index in [1.54, 1.807) is 11.3 Å². The summed E-state index contributed by atoms with van der Waals surface area (Å²) in [6.45, 7) is 3.06. The lowest BCUT2D eigenvalue weighted by atomic mass is 10.0. The number of aromatic nitrogens is 1. The lowest BCUT2D eigenvalue weighted by Gasteiger charge is -2.33. The van der Waals surface area contributed by atoms with Crippen molar-refractivity contribution in [3.63, 3.8) is 0 Å². The second kappa shape index (κ2) is 6.96. The van der Waals surface area contributed by atoms with Gasteiger partial charge in [-0.1, -0.05) is 30.3 Å². The van der Waals surface area contributed by atoms with E-state index < -0.39 is 0 Å². The Hall–Kier alpha value is -2.20. The molecule has 1 aliphatic heterocycles. The van der Waals surface area contributed by atoms with Crippen molar-refractivity contribution in [3.05, 3.63) is 54.1 Å². The summed E-state index contributed by atoms with van der Waals surface area (Å²) in [5.41, 5.74) is 3.20. The highest BCUT2D eigenvalue weighted by Crippen LogP contribution is 2.30. The van der Waals surface area contributed by atoms with Gasteiger partial charge in [0.15, 0.2) is 0 Å². The highest BCUT2D eigenvalue weighted by atomic mass is 32.1. The molecule has 1 aliphatic rings. The van der Waals surface area contributed by atoms with Gasteiger partial charge < -0.3 is 4.90 Å². The number of para-hydroxylation sites is 1. The van der Waals surface area contributed by atoms with Crippen LogP contribution in [0.1, 0.15) is 31.7 Å². The van der Waals surface area contributed by atoms with E-state index in [0.29, 0.717) is 12.5 Å². The summed E-state index contributed by atoms with van der Waals surface area (Å²) in [5, 5.41) is 1.02. The smallest absolute Gasteiger partial charge is 0.227 e. The van der Waals surface area contributed by atoms with Gasteiger partial charge in [-0.15, -0.1) is 11.3 Å². The minimum Gasteiger partial charge on any atom is -0.340 e. The Morgan fingerprint density at radius 2 is 2.08 bits per heavy atom. The van der Waals surface area contributed by atoms with Crippen molar-refractivity contribution in [3.8, 4) is 10.6 Å². The molecule has 1 fully saturated rings. The highest BCUT2D eigenvalue weighted by Gasteiger charge is 2.23. The molecule has 0 unspecified atom stereocenters. The summed E-state index contributed by atoms with van der Waals surface area (Å²) >= 11 is 1.70. The molecule has 4 rings (SSSR count). The molecular formula is C21H22N2OS. The molecule has 0 spiro atoms. The average Bonchev–Trinajstić information content (AvgIpc) is 3.06. The molecule has 4 heteroatoms. The van der Waals surface area contributed by atoms with Crippen LogP contribution in [0.3, 0.4) is 0 Å². The number of rotatable bonds is 3. The van der Waals surface area contributed by atoms with E-state index in [1.807, 2.05) is 35.2 Å². The van der Waals surface area contributed by atoms with Crippen LogP contribution >= 0.6 is 11.3 Å². The van der Waals surface area contributed by atoms with Gasteiger partial charge in [0.2, 0.25) is 5.91 Å². The zero-order chi connectivity index (χ0) is 17.2. The van der Waals surface area contributed by atoms with Gasteiger partial charge in [0.05, 0.1) is 16.6 Å². The van der Waals surface area contributed by atoms with E-state index in [2.05, 4.69) is 25.1 Å². The molecule has 1 amide bonds. The molecule has 2 heterocycles. The number of benzene rings is 2. The number of amides is 1. The lowest BCUT2D eigenvalue weighted by Crippen LogP contribution is -2.42. The van der Waals surface area contributed by atoms with Crippen LogP contribution in [0.15, 0.2) is 48.5 Å². The molecule has 2 aromatic carbocycles.